The third kappa shape index (κ3) is 2.14. The van der Waals surface area contributed by atoms with Crippen LogP contribution in [0.2, 0.25) is 0 Å². The molecule has 0 bridgehead atoms. The first kappa shape index (κ1) is 13.7. The molecule has 1 saturated carbocycles. The van der Waals surface area contributed by atoms with E-state index in [1.54, 1.807) is 6.07 Å². The van der Waals surface area contributed by atoms with Gasteiger partial charge in [0.1, 0.15) is 0 Å². The predicted molar refractivity (Wildman–Crippen MR) is 64.6 cm³/mol. The van der Waals surface area contributed by atoms with Crippen molar-refractivity contribution in [1.82, 2.24) is 0 Å². The standard InChI is InChI=1S/C12H14F2N2O3/c1-19-9-4-2-3-8(10(9)16(17)18)11(7-15)5-12(13,14)6-11/h2-4H,5-7,15H2,1H3. The second-order valence-electron chi connectivity index (χ2n) is 4.81. The number of nitrogens with two attached hydrogens (primary N) is 1. The molecule has 0 aromatic heterocycles. The fourth-order valence-corrected chi connectivity index (χ4v) is 2.69. The number of nitro groups is 1. The SMILES string of the molecule is COc1cccc(C2(CN)CC(F)(F)C2)c1[N+](=O)[O-]. The largest absolute Gasteiger partial charge is 0.490 e. The fraction of sp³-hybridized carbons (Fsp3) is 0.500. The Labute approximate surface area is 108 Å². The van der Waals surface area contributed by atoms with Gasteiger partial charge in [-0.25, -0.2) is 8.78 Å². The van der Waals surface area contributed by atoms with Crippen LogP contribution in [0.3, 0.4) is 0 Å². The van der Waals surface area contributed by atoms with E-state index in [2.05, 4.69) is 0 Å². The molecular formula is C12H14F2N2O3. The van der Waals surface area contributed by atoms with E-state index >= 15 is 0 Å². The van der Waals surface area contributed by atoms with Crippen molar-refractivity contribution >= 4 is 5.69 Å². The molecule has 1 aromatic carbocycles. The van der Waals surface area contributed by atoms with Gasteiger partial charge in [-0.1, -0.05) is 12.1 Å². The Balaban J connectivity index is 2.53. The highest BCUT2D eigenvalue weighted by Crippen LogP contribution is 2.55. The van der Waals surface area contributed by atoms with E-state index in [9.17, 15) is 18.9 Å². The van der Waals surface area contributed by atoms with Crippen LogP contribution < -0.4 is 10.5 Å². The lowest BCUT2D eigenvalue weighted by molar-refractivity contribution is -0.387. The lowest BCUT2D eigenvalue weighted by Crippen LogP contribution is -2.53. The second kappa shape index (κ2) is 4.41. The number of ether oxygens (including phenoxy) is 1. The number of hydrogen-bond donors (Lipinski definition) is 1. The molecular weight excluding hydrogens is 258 g/mol. The summed E-state index contributed by atoms with van der Waals surface area (Å²) in [6, 6.07) is 4.46. The predicted octanol–water partition coefficient (Wildman–Crippen LogP) is 2.23. The second-order valence-corrected chi connectivity index (χ2v) is 4.81. The van der Waals surface area contributed by atoms with Gasteiger partial charge in [0.25, 0.3) is 0 Å². The van der Waals surface area contributed by atoms with Gasteiger partial charge in [-0.3, -0.25) is 10.1 Å². The van der Waals surface area contributed by atoms with Crippen LogP contribution in [0.5, 0.6) is 5.75 Å². The molecule has 104 valence electrons. The zero-order valence-electron chi connectivity index (χ0n) is 10.4. The summed E-state index contributed by atoms with van der Waals surface area (Å²) in [6.45, 7) is -0.0589. The van der Waals surface area contributed by atoms with Crippen molar-refractivity contribution < 1.29 is 18.4 Å². The van der Waals surface area contributed by atoms with Crippen LogP contribution in [-0.2, 0) is 5.41 Å². The average Bonchev–Trinajstić information content (AvgIpc) is 2.34. The smallest absolute Gasteiger partial charge is 0.314 e. The Morgan fingerprint density at radius 2 is 2.11 bits per heavy atom. The zero-order chi connectivity index (χ0) is 14.3. The van der Waals surface area contributed by atoms with Crippen LogP contribution in [0.1, 0.15) is 18.4 Å². The van der Waals surface area contributed by atoms with Crippen molar-refractivity contribution in [3.8, 4) is 5.75 Å². The lowest BCUT2D eigenvalue weighted by Gasteiger charge is -2.46. The lowest BCUT2D eigenvalue weighted by atomic mass is 9.61. The third-order valence-electron chi connectivity index (χ3n) is 3.56. The van der Waals surface area contributed by atoms with Gasteiger partial charge < -0.3 is 10.5 Å². The minimum absolute atomic E-state index is 0.0589. The van der Waals surface area contributed by atoms with Crippen LogP contribution in [0.4, 0.5) is 14.5 Å². The molecule has 0 atom stereocenters. The maximum absolute atomic E-state index is 13.2. The first-order valence-electron chi connectivity index (χ1n) is 5.75. The molecule has 0 saturated heterocycles. The quantitative estimate of drug-likeness (QED) is 0.673. The molecule has 7 heteroatoms. The fourth-order valence-electron chi connectivity index (χ4n) is 2.69. The molecule has 19 heavy (non-hydrogen) atoms. The van der Waals surface area contributed by atoms with Gasteiger partial charge >= 0.3 is 5.69 Å². The molecule has 0 spiro atoms. The normalized spacial score (nSPS) is 19.6. The molecule has 5 nitrogen and oxygen atoms in total. The summed E-state index contributed by atoms with van der Waals surface area (Å²) in [7, 11) is 1.30. The molecule has 0 radical (unpaired) electrons. The number of benzene rings is 1. The van der Waals surface area contributed by atoms with Crippen LogP contribution >= 0.6 is 0 Å². The Kier molecular flexibility index (Phi) is 3.17. The summed E-state index contributed by atoms with van der Waals surface area (Å²) >= 11 is 0. The van der Waals surface area contributed by atoms with Crippen molar-refractivity contribution in [1.29, 1.82) is 0 Å². The van der Waals surface area contributed by atoms with Gasteiger partial charge in [-0.2, -0.15) is 0 Å². The highest BCUT2D eigenvalue weighted by Gasteiger charge is 2.58. The van der Waals surface area contributed by atoms with E-state index in [1.165, 1.54) is 19.2 Å². The number of hydrogen-bond acceptors (Lipinski definition) is 4. The highest BCUT2D eigenvalue weighted by atomic mass is 19.3. The van der Waals surface area contributed by atoms with Crippen molar-refractivity contribution in [2.45, 2.75) is 24.2 Å². The monoisotopic (exact) mass is 272 g/mol. The summed E-state index contributed by atoms with van der Waals surface area (Å²) in [5.41, 5.74) is 4.50. The van der Waals surface area contributed by atoms with Crippen LogP contribution in [0.25, 0.3) is 0 Å². The Hall–Kier alpha value is -1.76. The van der Waals surface area contributed by atoms with E-state index in [0.717, 1.165) is 0 Å². The number of para-hydroxylation sites is 1. The summed E-state index contributed by atoms with van der Waals surface area (Å²) in [4.78, 5) is 10.6. The molecule has 0 aliphatic heterocycles. The Bertz CT molecular complexity index is 512. The van der Waals surface area contributed by atoms with Crippen molar-refractivity contribution in [2.75, 3.05) is 13.7 Å². The molecule has 0 amide bonds. The summed E-state index contributed by atoms with van der Waals surface area (Å²) in [5.74, 6) is -2.75. The van der Waals surface area contributed by atoms with Crippen molar-refractivity contribution in [3.05, 3.63) is 33.9 Å². The molecule has 1 fully saturated rings. The molecule has 1 aliphatic carbocycles. The number of methoxy groups -OCH3 is 1. The highest BCUT2D eigenvalue weighted by molar-refractivity contribution is 5.57. The molecule has 0 unspecified atom stereocenters. The maximum Gasteiger partial charge on any atom is 0.314 e. The Morgan fingerprint density at radius 3 is 2.53 bits per heavy atom. The minimum atomic E-state index is -2.81. The summed E-state index contributed by atoms with van der Waals surface area (Å²) in [5, 5.41) is 11.2. The van der Waals surface area contributed by atoms with E-state index in [4.69, 9.17) is 10.5 Å². The van der Waals surface area contributed by atoms with E-state index in [-0.39, 0.29) is 23.5 Å². The van der Waals surface area contributed by atoms with Gasteiger partial charge in [0.2, 0.25) is 5.92 Å². The van der Waals surface area contributed by atoms with Gasteiger partial charge in [-0.15, -0.1) is 0 Å². The van der Waals surface area contributed by atoms with Gasteiger partial charge in [-0.05, 0) is 6.07 Å². The molecule has 2 N–H and O–H groups in total. The van der Waals surface area contributed by atoms with Gasteiger partial charge in [0, 0.05) is 30.4 Å². The van der Waals surface area contributed by atoms with Crippen LogP contribution in [0, 0.1) is 10.1 Å². The maximum atomic E-state index is 13.2. The molecule has 0 heterocycles. The topological polar surface area (TPSA) is 78.4 Å². The minimum Gasteiger partial charge on any atom is -0.490 e. The van der Waals surface area contributed by atoms with Gasteiger partial charge in [0.05, 0.1) is 12.0 Å². The number of nitrogens with zero attached hydrogens (tertiary/aromatic N) is 1. The van der Waals surface area contributed by atoms with Crippen molar-refractivity contribution in [2.24, 2.45) is 5.73 Å². The van der Waals surface area contributed by atoms with Crippen LogP contribution in [-0.4, -0.2) is 24.5 Å². The van der Waals surface area contributed by atoms with Gasteiger partial charge in [0.15, 0.2) is 5.75 Å². The third-order valence-corrected chi connectivity index (χ3v) is 3.56. The molecule has 2 rings (SSSR count). The first-order valence-corrected chi connectivity index (χ1v) is 5.75. The van der Waals surface area contributed by atoms with E-state index < -0.39 is 29.1 Å². The van der Waals surface area contributed by atoms with Crippen LogP contribution in [0.15, 0.2) is 18.2 Å². The summed E-state index contributed by atoms with van der Waals surface area (Å²) < 4.78 is 31.3. The first-order chi connectivity index (χ1) is 8.85. The number of halogens is 2. The van der Waals surface area contributed by atoms with E-state index in [0.29, 0.717) is 0 Å². The average molecular weight is 272 g/mol. The van der Waals surface area contributed by atoms with E-state index in [1.807, 2.05) is 0 Å². The Morgan fingerprint density at radius 1 is 1.47 bits per heavy atom. The molecule has 1 aliphatic rings. The molecule has 1 aromatic rings. The zero-order valence-corrected chi connectivity index (χ0v) is 10.4. The number of nitro benzene ring substituents is 1. The number of rotatable bonds is 4. The number of alkyl halides is 2. The van der Waals surface area contributed by atoms with Crippen molar-refractivity contribution in [3.63, 3.8) is 0 Å². The summed E-state index contributed by atoms with van der Waals surface area (Å²) in [6.07, 6.45) is -0.936.